The molecule has 1 aromatic heterocycles. The van der Waals surface area contributed by atoms with Crippen molar-refractivity contribution in [1.82, 2.24) is 9.78 Å². The van der Waals surface area contributed by atoms with Crippen LogP contribution in [0.15, 0.2) is 30.3 Å². The van der Waals surface area contributed by atoms with Crippen molar-refractivity contribution in [2.45, 2.75) is 39.4 Å². The molecule has 1 N–H and O–H groups in total. The van der Waals surface area contributed by atoms with E-state index in [4.69, 9.17) is 0 Å². The molecule has 0 saturated carbocycles. The van der Waals surface area contributed by atoms with Gasteiger partial charge in [0, 0.05) is 18.2 Å². The zero-order valence-corrected chi connectivity index (χ0v) is 12.9. The second-order valence-corrected chi connectivity index (χ2v) is 5.32. The Morgan fingerprint density at radius 3 is 2.70 bits per heavy atom. The maximum atomic E-state index is 12.7. The van der Waals surface area contributed by atoms with Crippen molar-refractivity contribution in [2.24, 2.45) is 0 Å². The molecule has 0 bridgehead atoms. The summed E-state index contributed by atoms with van der Waals surface area (Å²) in [5.74, 6) is 0.282. The standard InChI is InChI=1S/C16H18F3N3O/c1-3-5-15(23)20-14-8-11(2)22(21-14)10-12-6-4-7-13(9-12)16(17,18)19/h4,6-9H,3,5,10H2,1-2H3,(H,20,21,23). The fourth-order valence-corrected chi connectivity index (χ4v) is 2.18. The van der Waals surface area contributed by atoms with Crippen LogP contribution < -0.4 is 5.32 Å². The Morgan fingerprint density at radius 1 is 1.30 bits per heavy atom. The summed E-state index contributed by atoms with van der Waals surface area (Å²) in [6, 6.07) is 6.83. The first kappa shape index (κ1) is 17.1. The summed E-state index contributed by atoms with van der Waals surface area (Å²) in [7, 11) is 0. The van der Waals surface area contributed by atoms with Crippen molar-refractivity contribution in [2.75, 3.05) is 5.32 Å². The molecule has 4 nitrogen and oxygen atoms in total. The van der Waals surface area contributed by atoms with E-state index in [-0.39, 0.29) is 12.5 Å². The molecule has 0 aliphatic heterocycles. The molecule has 1 aromatic carbocycles. The van der Waals surface area contributed by atoms with E-state index in [0.29, 0.717) is 17.8 Å². The van der Waals surface area contributed by atoms with Crippen molar-refractivity contribution in [1.29, 1.82) is 0 Å². The van der Waals surface area contributed by atoms with Crippen LogP contribution in [0.3, 0.4) is 0 Å². The molecule has 0 atom stereocenters. The first-order valence-electron chi connectivity index (χ1n) is 7.30. The lowest BCUT2D eigenvalue weighted by Crippen LogP contribution is -2.12. The number of aryl methyl sites for hydroxylation is 1. The molecule has 0 aliphatic carbocycles. The van der Waals surface area contributed by atoms with Crippen molar-refractivity contribution in [3.05, 3.63) is 47.2 Å². The minimum Gasteiger partial charge on any atom is -0.309 e. The van der Waals surface area contributed by atoms with E-state index in [0.717, 1.165) is 24.2 Å². The van der Waals surface area contributed by atoms with Gasteiger partial charge in [-0.1, -0.05) is 19.1 Å². The van der Waals surface area contributed by atoms with Gasteiger partial charge in [-0.25, -0.2) is 0 Å². The molecule has 23 heavy (non-hydrogen) atoms. The number of anilines is 1. The number of nitrogens with zero attached hydrogens (tertiary/aromatic N) is 2. The highest BCUT2D eigenvalue weighted by molar-refractivity contribution is 5.89. The van der Waals surface area contributed by atoms with Gasteiger partial charge in [-0.2, -0.15) is 18.3 Å². The fourth-order valence-electron chi connectivity index (χ4n) is 2.18. The minimum atomic E-state index is -4.37. The number of carbonyl (C=O) groups is 1. The molecule has 0 spiro atoms. The summed E-state index contributed by atoms with van der Waals surface area (Å²) < 4.78 is 39.8. The van der Waals surface area contributed by atoms with Crippen molar-refractivity contribution < 1.29 is 18.0 Å². The van der Waals surface area contributed by atoms with Crippen LogP contribution in [0.1, 0.15) is 36.6 Å². The second-order valence-electron chi connectivity index (χ2n) is 5.32. The van der Waals surface area contributed by atoms with Gasteiger partial charge in [-0.05, 0) is 31.0 Å². The van der Waals surface area contributed by atoms with Gasteiger partial charge in [0.2, 0.25) is 5.91 Å². The van der Waals surface area contributed by atoms with Crippen LogP contribution in [-0.2, 0) is 17.5 Å². The highest BCUT2D eigenvalue weighted by Gasteiger charge is 2.30. The van der Waals surface area contributed by atoms with Gasteiger partial charge in [0.1, 0.15) is 0 Å². The Labute approximate surface area is 132 Å². The van der Waals surface area contributed by atoms with Crippen LogP contribution in [-0.4, -0.2) is 15.7 Å². The zero-order chi connectivity index (χ0) is 17.0. The summed E-state index contributed by atoms with van der Waals surface area (Å²) in [6.07, 6.45) is -3.23. The number of halogens is 3. The number of hydrogen-bond donors (Lipinski definition) is 1. The lowest BCUT2D eigenvalue weighted by molar-refractivity contribution is -0.137. The Hall–Kier alpha value is -2.31. The Morgan fingerprint density at radius 2 is 2.04 bits per heavy atom. The average Bonchev–Trinajstić information content (AvgIpc) is 2.78. The molecular formula is C16H18F3N3O. The summed E-state index contributed by atoms with van der Waals surface area (Å²) >= 11 is 0. The number of benzene rings is 1. The van der Waals surface area contributed by atoms with Crippen LogP contribution in [0.25, 0.3) is 0 Å². The van der Waals surface area contributed by atoms with Gasteiger partial charge in [0.15, 0.2) is 5.82 Å². The molecule has 1 amide bonds. The molecule has 1 heterocycles. The van der Waals surface area contributed by atoms with Gasteiger partial charge in [-0.15, -0.1) is 0 Å². The van der Waals surface area contributed by atoms with Gasteiger partial charge in [0.05, 0.1) is 12.1 Å². The third-order valence-corrected chi connectivity index (χ3v) is 3.31. The van der Waals surface area contributed by atoms with Gasteiger partial charge < -0.3 is 5.32 Å². The quantitative estimate of drug-likeness (QED) is 0.903. The molecule has 0 unspecified atom stereocenters. The molecule has 0 radical (unpaired) electrons. The maximum Gasteiger partial charge on any atom is 0.416 e. The van der Waals surface area contributed by atoms with E-state index in [2.05, 4.69) is 10.4 Å². The lowest BCUT2D eigenvalue weighted by atomic mass is 10.1. The smallest absolute Gasteiger partial charge is 0.309 e. The maximum absolute atomic E-state index is 12.7. The van der Waals surface area contributed by atoms with Gasteiger partial charge in [-0.3, -0.25) is 9.48 Å². The number of hydrogen-bond acceptors (Lipinski definition) is 2. The summed E-state index contributed by atoms with van der Waals surface area (Å²) in [4.78, 5) is 11.6. The molecule has 0 saturated heterocycles. The molecule has 124 valence electrons. The SMILES string of the molecule is CCCC(=O)Nc1cc(C)n(Cc2cccc(C(F)(F)F)c2)n1. The van der Waals surface area contributed by atoms with Crippen molar-refractivity contribution in [3.8, 4) is 0 Å². The number of aromatic nitrogens is 2. The Bertz CT molecular complexity index is 692. The summed E-state index contributed by atoms with van der Waals surface area (Å²) in [5, 5.41) is 6.90. The molecule has 0 aliphatic rings. The highest BCUT2D eigenvalue weighted by atomic mass is 19.4. The number of rotatable bonds is 5. The van der Waals surface area contributed by atoms with Gasteiger partial charge >= 0.3 is 6.18 Å². The van der Waals surface area contributed by atoms with Crippen LogP contribution in [0.4, 0.5) is 19.0 Å². The van der Waals surface area contributed by atoms with Crippen LogP contribution in [0.5, 0.6) is 0 Å². The largest absolute Gasteiger partial charge is 0.416 e. The minimum absolute atomic E-state index is 0.129. The molecule has 2 rings (SSSR count). The van der Waals surface area contributed by atoms with E-state index in [1.54, 1.807) is 23.7 Å². The third kappa shape index (κ3) is 4.58. The van der Waals surface area contributed by atoms with Crippen LogP contribution >= 0.6 is 0 Å². The van der Waals surface area contributed by atoms with E-state index in [1.807, 2.05) is 6.92 Å². The number of carbonyl (C=O) groups excluding carboxylic acids is 1. The first-order valence-corrected chi connectivity index (χ1v) is 7.30. The van der Waals surface area contributed by atoms with E-state index >= 15 is 0 Å². The molecule has 2 aromatic rings. The lowest BCUT2D eigenvalue weighted by Gasteiger charge is -2.09. The fraction of sp³-hybridized carbons (Fsp3) is 0.375. The molecule has 0 fully saturated rings. The van der Waals surface area contributed by atoms with Crippen LogP contribution in [0.2, 0.25) is 0 Å². The number of amides is 1. The molecule has 7 heteroatoms. The number of nitrogens with one attached hydrogen (secondary N) is 1. The topological polar surface area (TPSA) is 46.9 Å². The predicted molar refractivity (Wildman–Crippen MR) is 81.0 cm³/mol. The first-order chi connectivity index (χ1) is 10.8. The van der Waals surface area contributed by atoms with E-state index in [9.17, 15) is 18.0 Å². The molecular weight excluding hydrogens is 307 g/mol. The van der Waals surface area contributed by atoms with Gasteiger partial charge in [0.25, 0.3) is 0 Å². The second kappa shape index (κ2) is 6.85. The van der Waals surface area contributed by atoms with Crippen molar-refractivity contribution >= 4 is 11.7 Å². The van der Waals surface area contributed by atoms with E-state index < -0.39 is 11.7 Å². The summed E-state index contributed by atoms with van der Waals surface area (Å²) in [6.45, 7) is 3.90. The predicted octanol–water partition coefficient (Wildman–Crippen LogP) is 4.00. The Balaban J connectivity index is 2.15. The van der Waals surface area contributed by atoms with E-state index in [1.165, 1.54) is 6.07 Å². The monoisotopic (exact) mass is 325 g/mol. The zero-order valence-electron chi connectivity index (χ0n) is 12.9. The Kier molecular flexibility index (Phi) is 5.08. The summed E-state index contributed by atoms with van der Waals surface area (Å²) in [5.41, 5.74) is 0.572. The normalized spacial score (nSPS) is 11.5. The third-order valence-electron chi connectivity index (χ3n) is 3.31. The highest BCUT2D eigenvalue weighted by Crippen LogP contribution is 2.29. The van der Waals surface area contributed by atoms with Crippen LogP contribution in [0, 0.1) is 6.92 Å². The van der Waals surface area contributed by atoms with Crippen molar-refractivity contribution in [3.63, 3.8) is 0 Å². The average molecular weight is 325 g/mol. The number of alkyl halides is 3.